The molecule has 0 fully saturated rings. The van der Waals surface area contributed by atoms with E-state index in [-0.39, 0.29) is 0 Å². The van der Waals surface area contributed by atoms with Crippen molar-refractivity contribution in [1.82, 2.24) is 0 Å². The topological polar surface area (TPSA) is 15.6 Å². The number of hydrogen-bond donors (Lipinski definition) is 0. The van der Waals surface area contributed by atoms with Crippen LogP contribution in [0.1, 0.15) is 36.1 Å². The molecule has 1 aliphatic rings. The van der Waals surface area contributed by atoms with Gasteiger partial charge < -0.3 is 4.90 Å². The number of benzene rings is 3. The monoisotopic (exact) mass is 356 g/mol. The van der Waals surface area contributed by atoms with E-state index >= 15 is 0 Å². The van der Waals surface area contributed by atoms with Gasteiger partial charge in [-0.25, -0.2) is 0 Å². The fraction of sp³-hybridized carbons (Fsp3) is 0.320. The van der Waals surface area contributed by atoms with Crippen molar-refractivity contribution in [1.29, 1.82) is 0 Å². The first-order chi connectivity index (χ1) is 13.0. The molecule has 0 unspecified atom stereocenters. The summed E-state index contributed by atoms with van der Waals surface area (Å²) in [5.74, 6) is 1.63. The number of nitrogens with zero attached hydrogens (tertiary/aromatic N) is 2. The Kier molecular flexibility index (Phi) is 4.51. The molecular formula is C25H28N2. The molecule has 0 saturated heterocycles. The van der Waals surface area contributed by atoms with Crippen molar-refractivity contribution in [3.05, 3.63) is 76.9 Å². The van der Waals surface area contributed by atoms with Crippen LogP contribution in [0.4, 0.5) is 5.69 Å². The summed E-state index contributed by atoms with van der Waals surface area (Å²) >= 11 is 0. The first kappa shape index (κ1) is 17.8. The lowest BCUT2D eigenvalue weighted by molar-refractivity contribution is 0.521. The molecule has 0 bridgehead atoms. The highest BCUT2D eigenvalue weighted by molar-refractivity contribution is 6.18. The third-order valence-corrected chi connectivity index (χ3v) is 5.62. The van der Waals surface area contributed by atoms with Crippen LogP contribution in [0.2, 0.25) is 0 Å². The SMILES string of the molecule is Cc1cc(C)c(N2C[C@H](C(C)C)N=C2c2cccc3ccccc23)c(C)c1. The summed E-state index contributed by atoms with van der Waals surface area (Å²) < 4.78 is 0. The Morgan fingerprint density at radius 2 is 1.59 bits per heavy atom. The van der Waals surface area contributed by atoms with Crippen LogP contribution in [-0.4, -0.2) is 18.4 Å². The fourth-order valence-electron chi connectivity index (χ4n) is 4.33. The average molecular weight is 357 g/mol. The maximum absolute atomic E-state index is 5.21. The number of aryl methyl sites for hydroxylation is 3. The molecule has 1 atom stereocenters. The summed E-state index contributed by atoms with van der Waals surface area (Å²) in [5, 5.41) is 2.54. The van der Waals surface area contributed by atoms with Crippen LogP contribution >= 0.6 is 0 Å². The predicted molar refractivity (Wildman–Crippen MR) is 117 cm³/mol. The largest absolute Gasteiger partial charge is 0.324 e. The molecule has 0 amide bonds. The number of fused-ring (bicyclic) bond motifs is 1. The van der Waals surface area contributed by atoms with Crippen molar-refractivity contribution >= 4 is 22.3 Å². The Labute approximate surface area is 162 Å². The molecule has 1 heterocycles. The Morgan fingerprint density at radius 1 is 0.926 bits per heavy atom. The molecule has 2 heteroatoms. The van der Waals surface area contributed by atoms with Crippen molar-refractivity contribution in [2.45, 2.75) is 40.7 Å². The smallest absolute Gasteiger partial charge is 0.136 e. The van der Waals surface area contributed by atoms with Gasteiger partial charge in [0.05, 0.1) is 6.04 Å². The van der Waals surface area contributed by atoms with Crippen molar-refractivity contribution in [2.75, 3.05) is 11.4 Å². The number of hydrogen-bond acceptors (Lipinski definition) is 2. The summed E-state index contributed by atoms with van der Waals surface area (Å²) in [6, 6.07) is 20.0. The van der Waals surface area contributed by atoms with E-state index < -0.39 is 0 Å². The van der Waals surface area contributed by atoms with Gasteiger partial charge in [0.15, 0.2) is 0 Å². The summed E-state index contributed by atoms with van der Waals surface area (Å²) in [7, 11) is 0. The second kappa shape index (κ2) is 6.84. The third kappa shape index (κ3) is 3.14. The third-order valence-electron chi connectivity index (χ3n) is 5.62. The summed E-state index contributed by atoms with van der Waals surface area (Å²) in [6.07, 6.45) is 0. The van der Waals surface area contributed by atoms with E-state index in [9.17, 15) is 0 Å². The zero-order valence-electron chi connectivity index (χ0n) is 17.0. The number of anilines is 1. The molecule has 4 rings (SSSR count). The minimum atomic E-state index is 0.319. The fourth-order valence-corrected chi connectivity index (χ4v) is 4.33. The molecule has 0 saturated carbocycles. The molecule has 0 spiro atoms. The van der Waals surface area contributed by atoms with Gasteiger partial charge in [0.25, 0.3) is 0 Å². The van der Waals surface area contributed by atoms with E-state index in [0.717, 1.165) is 12.4 Å². The standard InChI is InChI=1S/C25H28N2/c1-16(2)23-15-27(24-18(4)13-17(3)14-19(24)5)25(26-23)22-12-8-10-20-9-6-7-11-21(20)22/h6-14,16,23H,15H2,1-5H3/t23-/m1/s1. The molecule has 0 aromatic heterocycles. The van der Waals surface area contributed by atoms with Gasteiger partial charge >= 0.3 is 0 Å². The second-order valence-corrected chi connectivity index (χ2v) is 8.15. The summed E-state index contributed by atoms with van der Waals surface area (Å²) in [5.41, 5.74) is 6.51. The van der Waals surface area contributed by atoms with Crippen LogP contribution in [0.25, 0.3) is 10.8 Å². The van der Waals surface area contributed by atoms with E-state index in [1.165, 1.54) is 38.7 Å². The molecule has 1 aliphatic heterocycles. The number of rotatable bonds is 3. The molecule has 0 N–H and O–H groups in total. The lowest BCUT2D eigenvalue weighted by Gasteiger charge is -2.27. The highest BCUT2D eigenvalue weighted by Crippen LogP contribution is 2.34. The van der Waals surface area contributed by atoms with Gasteiger partial charge in [-0.05, 0) is 48.6 Å². The minimum absolute atomic E-state index is 0.319. The summed E-state index contributed by atoms with van der Waals surface area (Å²) in [6.45, 7) is 12.1. The van der Waals surface area contributed by atoms with Gasteiger partial charge in [0, 0.05) is 17.8 Å². The molecule has 0 aliphatic carbocycles. The quantitative estimate of drug-likeness (QED) is 0.557. The van der Waals surface area contributed by atoms with Crippen molar-refractivity contribution in [2.24, 2.45) is 10.9 Å². The molecule has 3 aromatic carbocycles. The van der Waals surface area contributed by atoms with Crippen LogP contribution < -0.4 is 4.90 Å². The minimum Gasteiger partial charge on any atom is -0.324 e. The molecular weight excluding hydrogens is 328 g/mol. The van der Waals surface area contributed by atoms with Crippen molar-refractivity contribution in [3.63, 3.8) is 0 Å². The molecule has 138 valence electrons. The maximum Gasteiger partial charge on any atom is 0.136 e. The van der Waals surface area contributed by atoms with E-state index in [1.807, 2.05) is 0 Å². The first-order valence-corrected chi connectivity index (χ1v) is 9.87. The molecule has 2 nitrogen and oxygen atoms in total. The van der Waals surface area contributed by atoms with Crippen LogP contribution in [0.3, 0.4) is 0 Å². The van der Waals surface area contributed by atoms with Crippen molar-refractivity contribution < 1.29 is 0 Å². The van der Waals surface area contributed by atoms with E-state index in [2.05, 4.69) is 94.1 Å². The number of aliphatic imine (C=N–C) groups is 1. The Morgan fingerprint density at radius 3 is 2.30 bits per heavy atom. The predicted octanol–water partition coefficient (Wildman–Crippen LogP) is 6.06. The molecule has 0 radical (unpaired) electrons. The highest BCUT2D eigenvalue weighted by atomic mass is 15.3. The Bertz CT molecular complexity index is 1000. The van der Waals surface area contributed by atoms with Gasteiger partial charge in [-0.15, -0.1) is 0 Å². The zero-order chi connectivity index (χ0) is 19.1. The van der Waals surface area contributed by atoms with Crippen LogP contribution in [0.15, 0.2) is 59.6 Å². The van der Waals surface area contributed by atoms with Gasteiger partial charge in [-0.2, -0.15) is 0 Å². The van der Waals surface area contributed by atoms with E-state index in [0.29, 0.717) is 12.0 Å². The normalized spacial score (nSPS) is 17.0. The van der Waals surface area contributed by atoms with Gasteiger partial charge in [-0.3, -0.25) is 4.99 Å². The lowest BCUT2D eigenvalue weighted by Crippen LogP contribution is -2.32. The first-order valence-electron chi connectivity index (χ1n) is 9.87. The van der Waals surface area contributed by atoms with Gasteiger partial charge in [-0.1, -0.05) is 74.0 Å². The van der Waals surface area contributed by atoms with Crippen LogP contribution in [0, 0.1) is 26.7 Å². The zero-order valence-corrected chi connectivity index (χ0v) is 17.0. The maximum atomic E-state index is 5.21. The lowest BCUT2D eigenvalue weighted by atomic mass is 10.0. The summed E-state index contributed by atoms with van der Waals surface area (Å²) in [4.78, 5) is 7.67. The number of amidine groups is 1. The Hall–Kier alpha value is -2.61. The van der Waals surface area contributed by atoms with Gasteiger partial charge in [0.2, 0.25) is 0 Å². The van der Waals surface area contributed by atoms with Gasteiger partial charge in [0.1, 0.15) is 5.84 Å². The Balaban J connectivity index is 1.91. The molecule has 3 aromatic rings. The van der Waals surface area contributed by atoms with Crippen LogP contribution in [-0.2, 0) is 0 Å². The van der Waals surface area contributed by atoms with E-state index in [4.69, 9.17) is 4.99 Å². The second-order valence-electron chi connectivity index (χ2n) is 8.15. The highest BCUT2D eigenvalue weighted by Gasteiger charge is 2.31. The molecule has 27 heavy (non-hydrogen) atoms. The van der Waals surface area contributed by atoms with E-state index in [1.54, 1.807) is 0 Å². The van der Waals surface area contributed by atoms with Crippen LogP contribution in [0.5, 0.6) is 0 Å². The van der Waals surface area contributed by atoms with Crippen molar-refractivity contribution in [3.8, 4) is 0 Å². The average Bonchev–Trinajstić information content (AvgIpc) is 3.05.